The average Bonchev–Trinajstić information content (AvgIpc) is 2.41. The number of rotatable bonds is 3. The molecule has 1 atom stereocenters. The minimum Gasteiger partial charge on any atom is -0.463 e. The van der Waals surface area contributed by atoms with Crippen LogP contribution in [0.1, 0.15) is 25.5 Å². The molecule has 112 valence electrons. The predicted octanol–water partition coefficient (Wildman–Crippen LogP) is 2.32. The Morgan fingerprint density at radius 1 is 1.38 bits per heavy atom. The number of ether oxygens (including phenoxy) is 1. The second kappa shape index (κ2) is 6.17. The maximum absolute atomic E-state index is 13.4. The van der Waals surface area contributed by atoms with E-state index in [1.54, 1.807) is 13.8 Å². The summed E-state index contributed by atoms with van der Waals surface area (Å²) in [6.07, 6.45) is 0. The summed E-state index contributed by atoms with van der Waals surface area (Å²) in [6, 6.07) is 2.76. The normalized spacial score (nSPS) is 18.1. The molecule has 1 aromatic carbocycles. The SMILES string of the molecule is CCOC(=O)C1=C(C)NC(=S)NC1c1ccc(F)c(F)c1. The number of hydrogen-bond acceptors (Lipinski definition) is 3. The fourth-order valence-corrected chi connectivity index (χ4v) is 2.39. The van der Waals surface area contributed by atoms with Crippen LogP contribution in [-0.4, -0.2) is 17.7 Å². The number of thiocarbonyl (C=S) groups is 1. The minimum absolute atomic E-state index is 0.213. The lowest BCUT2D eigenvalue weighted by atomic mass is 9.95. The van der Waals surface area contributed by atoms with Crippen molar-refractivity contribution in [1.29, 1.82) is 0 Å². The molecule has 21 heavy (non-hydrogen) atoms. The number of esters is 1. The molecular weight excluding hydrogens is 298 g/mol. The van der Waals surface area contributed by atoms with Crippen molar-refractivity contribution >= 4 is 23.3 Å². The number of benzene rings is 1. The highest BCUT2D eigenvalue weighted by atomic mass is 32.1. The molecule has 0 saturated carbocycles. The van der Waals surface area contributed by atoms with Gasteiger partial charge in [0, 0.05) is 5.70 Å². The van der Waals surface area contributed by atoms with Gasteiger partial charge in [0.15, 0.2) is 16.7 Å². The Morgan fingerprint density at radius 2 is 2.10 bits per heavy atom. The van der Waals surface area contributed by atoms with Gasteiger partial charge in [-0.3, -0.25) is 0 Å². The van der Waals surface area contributed by atoms with Crippen molar-refractivity contribution in [3.8, 4) is 0 Å². The quantitative estimate of drug-likeness (QED) is 0.663. The first-order valence-electron chi connectivity index (χ1n) is 6.34. The maximum Gasteiger partial charge on any atom is 0.338 e. The Balaban J connectivity index is 2.46. The third-order valence-corrected chi connectivity index (χ3v) is 3.26. The maximum atomic E-state index is 13.4. The van der Waals surface area contributed by atoms with Crippen molar-refractivity contribution in [3.05, 3.63) is 46.7 Å². The first-order chi connectivity index (χ1) is 9.93. The van der Waals surface area contributed by atoms with E-state index in [-0.39, 0.29) is 12.2 Å². The smallest absolute Gasteiger partial charge is 0.338 e. The number of carbonyl (C=O) groups is 1. The molecule has 1 aliphatic heterocycles. The molecule has 1 aromatic rings. The van der Waals surface area contributed by atoms with Gasteiger partial charge in [-0.15, -0.1) is 0 Å². The van der Waals surface area contributed by atoms with Gasteiger partial charge in [-0.05, 0) is 43.8 Å². The van der Waals surface area contributed by atoms with Gasteiger partial charge in [0.25, 0.3) is 0 Å². The van der Waals surface area contributed by atoms with Crippen LogP contribution in [0.3, 0.4) is 0 Å². The Hall–Kier alpha value is -2.02. The topological polar surface area (TPSA) is 50.4 Å². The summed E-state index contributed by atoms with van der Waals surface area (Å²) in [6.45, 7) is 3.57. The molecule has 0 saturated heterocycles. The van der Waals surface area contributed by atoms with Crippen LogP contribution in [0.25, 0.3) is 0 Å². The Morgan fingerprint density at radius 3 is 2.71 bits per heavy atom. The third kappa shape index (κ3) is 3.18. The fraction of sp³-hybridized carbons (Fsp3) is 0.286. The lowest BCUT2D eigenvalue weighted by Crippen LogP contribution is -2.45. The number of carbonyl (C=O) groups excluding carboxylic acids is 1. The molecule has 2 rings (SSSR count). The number of hydrogen-bond donors (Lipinski definition) is 2. The third-order valence-electron chi connectivity index (χ3n) is 3.04. The number of halogens is 2. The summed E-state index contributed by atoms with van der Waals surface area (Å²) in [5, 5.41) is 6.00. The van der Waals surface area contributed by atoms with Crippen LogP contribution in [0.5, 0.6) is 0 Å². The summed E-state index contributed by atoms with van der Waals surface area (Å²) in [5.41, 5.74) is 1.20. The Bertz CT molecular complexity index is 631. The first-order valence-corrected chi connectivity index (χ1v) is 6.75. The Labute approximate surface area is 126 Å². The zero-order valence-corrected chi connectivity index (χ0v) is 12.3. The van der Waals surface area contributed by atoms with Crippen LogP contribution in [0.15, 0.2) is 29.5 Å². The second-order valence-electron chi connectivity index (χ2n) is 4.46. The van der Waals surface area contributed by atoms with E-state index in [1.807, 2.05) is 0 Å². The standard InChI is InChI=1S/C14H14F2N2O2S/c1-3-20-13(19)11-7(2)17-14(21)18-12(11)8-4-5-9(15)10(16)6-8/h4-6,12H,3H2,1-2H3,(H2,17,18,21). The predicted molar refractivity (Wildman–Crippen MR) is 77.3 cm³/mol. The molecule has 0 aromatic heterocycles. The highest BCUT2D eigenvalue weighted by molar-refractivity contribution is 7.80. The van der Waals surface area contributed by atoms with Gasteiger partial charge in [0.1, 0.15) is 0 Å². The molecule has 0 amide bonds. The summed E-state index contributed by atoms with van der Waals surface area (Å²) < 4.78 is 31.5. The largest absolute Gasteiger partial charge is 0.463 e. The molecule has 2 N–H and O–H groups in total. The Kier molecular flexibility index (Phi) is 4.52. The number of allylic oxidation sites excluding steroid dienone is 1. The molecule has 0 bridgehead atoms. The van der Waals surface area contributed by atoms with Crippen molar-refractivity contribution in [1.82, 2.24) is 10.6 Å². The summed E-state index contributed by atoms with van der Waals surface area (Å²) in [7, 11) is 0. The molecule has 1 unspecified atom stereocenters. The van der Waals surface area contributed by atoms with Gasteiger partial charge in [-0.1, -0.05) is 6.07 Å². The van der Waals surface area contributed by atoms with Crippen molar-refractivity contribution < 1.29 is 18.3 Å². The van der Waals surface area contributed by atoms with E-state index in [0.29, 0.717) is 16.4 Å². The van der Waals surface area contributed by atoms with E-state index in [1.165, 1.54) is 6.07 Å². The van der Waals surface area contributed by atoms with Crippen LogP contribution in [0.4, 0.5) is 8.78 Å². The molecule has 1 heterocycles. The zero-order chi connectivity index (χ0) is 15.6. The van der Waals surface area contributed by atoms with Gasteiger partial charge in [0.05, 0.1) is 18.2 Å². The van der Waals surface area contributed by atoms with Crippen LogP contribution in [0, 0.1) is 11.6 Å². The monoisotopic (exact) mass is 312 g/mol. The molecule has 0 spiro atoms. The molecule has 0 fully saturated rings. The van der Waals surface area contributed by atoms with E-state index in [9.17, 15) is 13.6 Å². The second-order valence-corrected chi connectivity index (χ2v) is 4.87. The van der Waals surface area contributed by atoms with Crippen molar-refractivity contribution in [2.24, 2.45) is 0 Å². The summed E-state index contributed by atoms with van der Waals surface area (Å²) in [5.74, 6) is -2.47. The van der Waals surface area contributed by atoms with Gasteiger partial charge in [-0.25, -0.2) is 13.6 Å². The summed E-state index contributed by atoms with van der Waals surface area (Å²) in [4.78, 5) is 12.1. The van der Waals surface area contributed by atoms with Crippen LogP contribution in [-0.2, 0) is 9.53 Å². The van der Waals surface area contributed by atoms with Crippen LogP contribution < -0.4 is 10.6 Å². The molecule has 4 nitrogen and oxygen atoms in total. The highest BCUT2D eigenvalue weighted by Gasteiger charge is 2.31. The van der Waals surface area contributed by atoms with Gasteiger partial charge < -0.3 is 15.4 Å². The van der Waals surface area contributed by atoms with E-state index >= 15 is 0 Å². The van der Waals surface area contributed by atoms with E-state index in [0.717, 1.165) is 12.1 Å². The zero-order valence-electron chi connectivity index (χ0n) is 11.5. The van der Waals surface area contributed by atoms with Gasteiger partial charge in [-0.2, -0.15) is 0 Å². The van der Waals surface area contributed by atoms with Gasteiger partial charge >= 0.3 is 5.97 Å². The van der Waals surface area contributed by atoms with Crippen LogP contribution in [0.2, 0.25) is 0 Å². The lowest BCUT2D eigenvalue weighted by Gasteiger charge is -2.29. The fourth-order valence-electron chi connectivity index (χ4n) is 2.12. The van der Waals surface area contributed by atoms with Gasteiger partial charge in [0.2, 0.25) is 0 Å². The van der Waals surface area contributed by atoms with Crippen molar-refractivity contribution in [2.45, 2.75) is 19.9 Å². The molecule has 7 heteroatoms. The number of nitrogens with one attached hydrogen (secondary N) is 2. The van der Waals surface area contributed by atoms with E-state index in [4.69, 9.17) is 17.0 Å². The first kappa shape index (κ1) is 15.4. The molecular formula is C14H14F2N2O2S. The van der Waals surface area contributed by atoms with E-state index in [2.05, 4.69) is 10.6 Å². The average molecular weight is 312 g/mol. The van der Waals surface area contributed by atoms with Crippen molar-refractivity contribution in [3.63, 3.8) is 0 Å². The molecule has 0 radical (unpaired) electrons. The molecule has 1 aliphatic rings. The lowest BCUT2D eigenvalue weighted by molar-refractivity contribution is -0.139. The van der Waals surface area contributed by atoms with Crippen molar-refractivity contribution in [2.75, 3.05) is 6.61 Å². The molecule has 0 aliphatic carbocycles. The highest BCUT2D eigenvalue weighted by Crippen LogP contribution is 2.28. The summed E-state index contributed by atoms with van der Waals surface area (Å²) >= 11 is 5.05. The van der Waals surface area contributed by atoms with E-state index < -0.39 is 23.6 Å². The minimum atomic E-state index is -0.986. The van der Waals surface area contributed by atoms with Crippen LogP contribution >= 0.6 is 12.2 Å².